The molecule has 1 N–H and O–H groups in total. The molecule has 0 aliphatic rings. The monoisotopic (exact) mass is 390 g/mol. The number of rotatable bonds is 5. The Morgan fingerprint density at radius 1 is 1.07 bits per heavy atom. The Morgan fingerprint density at radius 2 is 1.89 bits per heavy atom. The molecule has 0 saturated carbocycles. The van der Waals surface area contributed by atoms with Gasteiger partial charge in [0, 0.05) is 29.8 Å². The third kappa shape index (κ3) is 4.10. The summed E-state index contributed by atoms with van der Waals surface area (Å²) < 4.78 is 29.2. The van der Waals surface area contributed by atoms with Gasteiger partial charge in [-0.15, -0.1) is 0 Å². The van der Waals surface area contributed by atoms with Crippen molar-refractivity contribution < 1.29 is 8.42 Å². The normalized spacial score (nSPS) is 11.9. The smallest absolute Gasteiger partial charge is 0.255 e. The molecule has 2 aromatic heterocycles. The van der Waals surface area contributed by atoms with Crippen molar-refractivity contribution in [2.45, 2.75) is 6.92 Å². The van der Waals surface area contributed by atoms with Gasteiger partial charge in [-0.25, -0.2) is 18.4 Å². The van der Waals surface area contributed by atoms with Crippen molar-refractivity contribution in [3.05, 3.63) is 89.7 Å². The predicted octanol–water partition coefficient (Wildman–Crippen LogP) is 4.12. The van der Waals surface area contributed by atoms with Crippen molar-refractivity contribution >= 4 is 27.6 Å². The molecule has 4 rings (SSSR count). The van der Waals surface area contributed by atoms with E-state index in [0.29, 0.717) is 11.5 Å². The second-order valence-corrected chi connectivity index (χ2v) is 7.96. The summed E-state index contributed by atoms with van der Waals surface area (Å²) in [5, 5.41) is 1.17. The lowest BCUT2D eigenvalue weighted by Gasteiger charge is -2.06. The van der Waals surface area contributed by atoms with Crippen molar-refractivity contribution in [2.24, 2.45) is 0 Å². The molecule has 0 aliphatic carbocycles. The van der Waals surface area contributed by atoms with Crippen molar-refractivity contribution in [2.75, 3.05) is 4.72 Å². The van der Waals surface area contributed by atoms with Crippen molar-refractivity contribution in [1.29, 1.82) is 0 Å². The van der Waals surface area contributed by atoms with Gasteiger partial charge in [0.15, 0.2) is 0 Å². The van der Waals surface area contributed by atoms with Gasteiger partial charge in [-0.05, 0) is 36.8 Å². The summed E-state index contributed by atoms with van der Waals surface area (Å²) in [6.45, 7) is 1.98. The summed E-state index contributed by atoms with van der Waals surface area (Å²) in [5.74, 6) is 0.588. The molecular weight excluding hydrogens is 372 g/mol. The highest BCUT2D eigenvalue weighted by Gasteiger charge is 2.09. The maximum absolute atomic E-state index is 12.4. The predicted molar refractivity (Wildman–Crippen MR) is 111 cm³/mol. The van der Waals surface area contributed by atoms with Crippen LogP contribution in [0.25, 0.3) is 23.1 Å². The quantitative estimate of drug-likeness (QED) is 0.556. The number of hydrogen-bond donors (Lipinski definition) is 1. The van der Waals surface area contributed by atoms with Crippen LogP contribution in [-0.2, 0) is 10.0 Å². The van der Waals surface area contributed by atoms with Crippen LogP contribution in [-0.4, -0.2) is 22.8 Å². The summed E-state index contributed by atoms with van der Waals surface area (Å²) in [4.78, 5) is 8.66. The molecule has 0 atom stereocenters. The van der Waals surface area contributed by atoms with Gasteiger partial charge in [0.1, 0.15) is 0 Å². The molecule has 0 radical (unpaired) electrons. The highest BCUT2D eigenvalue weighted by Crippen LogP contribution is 2.23. The summed E-state index contributed by atoms with van der Waals surface area (Å²) in [5.41, 5.74) is 3.93. The molecule has 2 aromatic carbocycles. The fourth-order valence-electron chi connectivity index (χ4n) is 2.76. The molecule has 4 aromatic rings. The second-order valence-electron chi connectivity index (χ2n) is 6.39. The number of benzene rings is 2. The van der Waals surface area contributed by atoms with E-state index in [1.54, 1.807) is 30.5 Å². The van der Waals surface area contributed by atoms with Gasteiger partial charge >= 0.3 is 0 Å². The highest BCUT2D eigenvalue weighted by atomic mass is 32.2. The van der Waals surface area contributed by atoms with E-state index in [1.807, 2.05) is 60.1 Å². The topological polar surface area (TPSA) is 76.4 Å². The SMILES string of the molecule is Cc1ccc(/C=C/S(=O)(=O)Nc2cccc(-c3cn4cccnc4n3)c2)cc1. The molecule has 28 heavy (non-hydrogen) atoms. The maximum Gasteiger partial charge on any atom is 0.255 e. The number of nitrogens with zero attached hydrogens (tertiary/aromatic N) is 3. The van der Waals surface area contributed by atoms with Gasteiger partial charge < -0.3 is 0 Å². The van der Waals surface area contributed by atoms with Gasteiger partial charge in [-0.3, -0.25) is 9.12 Å². The van der Waals surface area contributed by atoms with E-state index in [-0.39, 0.29) is 0 Å². The number of anilines is 1. The lowest BCUT2D eigenvalue weighted by atomic mass is 10.1. The van der Waals surface area contributed by atoms with E-state index < -0.39 is 10.0 Å². The van der Waals surface area contributed by atoms with Crippen molar-refractivity contribution in [3.63, 3.8) is 0 Å². The van der Waals surface area contributed by atoms with Crippen LogP contribution in [0.1, 0.15) is 11.1 Å². The number of aryl methyl sites for hydroxylation is 1. The first kappa shape index (κ1) is 17.9. The minimum Gasteiger partial charge on any atom is -0.291 e. The van der Waals surface area contributed by atoms with Crippen LogP contribution in [0.3, 0.4) is 0 Å². The van der Waals surface area contributed by atoms with Gasteiger partial charge in [-0.1, -0.05) is 42.0 Å². The Bertz CT molecular complexity index is 1230. The largest absolute Gasteiger partial charge is 0.291 e. The first-order chi connectivity index (χ1) is 13.5. The first-order valence-corrected chi connectivity index (χ1v) is 10.2. The number of sulfonamides is 1. The summed E-state index contributed by atoms with van der Waals surface area (Å²) in [6, 6.07) is 16.6. The Hall–Kier alpha value is -3.45. The zero-order valence-corrected chi connectivity index (χ0v) is 16.0. The average Bonchev–Trinajstić information content (AvgIpc) is 3.12. The van der Waals surface area contributed by atoms with Crippen LogP contribution in [0.15, 0.2) is 78.6 Å². The first-order valence-electron chi connectivity index (χ1n) is 8.66. The third-order valence-electron chi connectivity index (χ3n) is 4.17. The molecule has 0 aliphatic heterocycles. The van der Waals surface area contributed by atoms with E-state index in [0.717, 1.165) is 22.4 Å². The highest BCUT2D eigenvalue weighted by molar-refractivity contribution is 7.95. The van der Waals surface area contributed by atoms with Crippen LogP contribution in [0.5, 0.6) is 0 Å². The molecule has 0 fully saturated rings. The van der Waals surface area contributed by atoms with Crippen molar-refractivity contribution in [3.8, 4) is 11.3 Å². The molecule has 0 spiro atoms. The summed E-state index contributed by atoms with van der Waals surface area (Å²) in [7, 11) is -3.64. The van der Waals surface area contributed by atoms with E-state index in [2.05, 4.69) is 14.7 Å². The number of nitrogens with one attached hydrogen (secondary N) is 1. The molecule has 0 amide bonds. The Kier molecular flexibility index (Phi) is 4.67. The van der Waals surface area contributed by atoms with E-state index in [4.69, 9.17) is 0 Å². The van der Waals surface area contributed by atoms with Gasteiger partial charge in [-0.2, -0.15) is 0 Å². The molecule has 7 heteroatoms. The van der Waals surface area contributed by atoms with E-state index in [1.165, 1.54) is 5.41 Å². The molecule has 2 heterocycles. The van der Waals surface area contributed by atoms with E-state index >= 15 is 0 Å². The molecule has 140 valence electrons. The summed E-state index contributed by atoms with van der Waals surface area (Å²) >= 11 is 0. The zero-order chi connectivity index (χ0) is 19.6. The minimum atomic E-state index is -3.64. The molecule has 0 saturated heterocycles. The number of hydrogen-bond acceptors (Lipinski definition) is 4. The van der Waals surface area contributed by atoms with Gasteiger partial charge in [0.05, 0.1) is 11.1 Å². The van der Waals surface area contributed by atoms with Crippen LogP contribution < -0.4 is 4.72 Å². The van der Waals surface area contributed by atoms with Crippen molar-refractivity contribution in [1.82, 2.24) is 14.4 Å². The standard InChI is InChI=1S/C21H18N4O2S/c1-16-6-8-17(9-7-16)10-13-28(26,27)24-19-5-2-4-18(14-19)20-15-25-12-3-11-22-21(25)23-20/h2-15,24H,1H3/b13-10+. The molecule has 0 unspecified atom stereocenters. The van der Waals surface area contributed by atoms with Crippen LogP contribution in [0.2, 0.25) is 0 Å². The number of fused-ring (bicyclic) bond motifs is 1. The van der Waals surface area contributed by atoms with Crippen LogP contribution in [0.4, 0.5) is 5.69 Å². The van der Waals surface area contributed by atoms with Gasteiger partial charge in [0.2, 0.25) is 5.78 Å². The molecular formula is C21H18N4O2S. The average molecular weight is 390 g/mol. The Balaban J connectivity index is 1.56. The summed E-state index contributed by atoms with van der Waals surface area (Å²) in [6.07, 6.45) is 6.96. The van der Waals surface area contributed by atoms with Crippen LogP contribution >= 0.6 is 0 Å². The lowest BCUT2D eigenvalue weighted by Crippen LogP contribution is -2.08. The Labute approximate surface area is 163 Å². The fourth-order valence-corrected chi connectivity index (χ4v) is 3.61. The minimum absolute atomic E-state index is 0.469. The van der Waals surface area contributed by atoms with Crippen LogP contribution in [0, 0.1) is 6.92 Å². The molecule has 0 bridgehead atoms. The molecule has 6 nitrogen and oxygen atoms in total. The number of imidazole rings is 1. The number of aromatic nitrogens is 3. The van der Waals surface area contributed by atoms with E-state index in [9.17, 15) is 8.42 Å². The third-order valence-corrected chi connectivity index (χ3v) is 5.19. The Morgan fingerprint density at radius 3 is 2.68 bits per heavy atom. The second kappa shape index (κ2) is 7.28. The fraction of sp³-hybridized carbons (Fsp3) is 0.0476. The van der Waals surface area contributed by atoms with Gasteiger partial charge in [0.25, 0.3) is 10.0 Å². The lowest BCUT2D eigenvalue weighted by molar-refractivity contribution is 0.609. The maximum atomic E-state index is 12.4. The zero-order valence-electron chi connectivity index (χ0n) is 15.1.